The molecule has 2 fully saturated rings. The average Bonchev–Trinajstić information content (AvgIpc) is 3.23. The van der Waals surface area contributed by atoms with Crippen LogP contribution < -0.4 is 5.32 Å². The summed E-state index contributed by atoms with van der Waals surface area (Å²) < 4.78 is 2.44. The van der Waals surface area contributed by atoms with Crippen molar-refractivity contribution in [2.45, 2.75) is 38.1 Å². The van der Waals surface area contributed by atoms with Crippen molar-refractivity contribution in [1.29, 1.82) is 0 Å². The summed E-state index contributed by atoms with van der Waals surface area (Å²) in [6.07, 6.45) is 11.0. The van der Waals surface area contributed by atoms with Gasteiger partial charge in [-0.2, -0.15) is 0 Å². The van der Waals surface area contributed by atoms with E-state index in [4.69, 9.17) is 0 Å². The summed E-state index contributed by atoms with van der Waals surface area (Å²) in [4.78, 5) is 4.42. The first kappa shape index (κ1) is 12.9. The number of benzene rings is 1. The minimum absolute atomic E-state index is 0.517. The second kappa shape index (κ2) is 4.69. The number of nitrogens with zero attached hydrogens (tertiary/aromatic N) is 2. The van der Waals surface area contributed by atoms with Crippen molar-refractivity contribution in [1.82, 2.24) is 14.9 Å². The van der Waals surface area contributed by atoms with Crippen LogP contribution in [0, 0.1) is 11.3 Å². The summed E-state index contributed by atoms with van der Waals surface area (Å²) in [7, 11) is 0. The van der Waals surface area contributed by atoms with Crippen molar-refractivity contribution in [3.8, 4) is 11.3 Å². The summed E-state index contributed by atoms with van der Waals surface area (Å²) in [6.45, 7) is 2.43. The van der Waals surface area contributed by atoms with Crippen LogP contribution in [0.3, 0.4) is 0 Å². The summed E-state index contributed by atoms with van der Waals surface area (Å²) in [5, 5.41) is 3.53. The largest absolute Gasteiger partial charge is 0.323 e. The van der Waals surface area contributed by atoms with Gasteiger partial charge in [-0.05, 0) is 62.1 Å². The van der Waals surface area contributed by atoms with Gasteiger partial charge in [-0.25, -0.2) is 4.98 Å². The van der Waals surface area contributed by atoms with E-state index in [1.54, 1.807) is 0 Å². The normalized spacial score (nSPS) is 28.7. The Kier molecular flexibility index (Phi) is 2.75. The number of hydrogen-bond acceptors (Lipinski definition) is 2. The molecule has 2 aliphatic heterocycles. The second-order valence-corrected chi connectivity index (χ2v) is 7.47. The Morgan fingerprint density at radius 2 is 2.00 bits per heavy atom. The molecule has 3 heteroatoms. The minimum atomic E-state index is 0.517. The van der Waals surface area contributed by atoms with Crippen LogP contribution in [0.4, 0.5) is 0 Å². The lowest BCUT2D eigenvalue weighted by Crippen LogP contribution is -2.35. The Bertz CT molecular complexity index is 696. The van der Waals surface area contributed by atoms with Gasteiger partial charge in [0.1, 0.15) is 0 Å². The Hall–Kier alpha value is -1.61. The maximum absolute atomic E-state index is 4.42. The molecule has 1 N–H and O–H groups in total. The van der Waals surface area contributed by atoms with Gasteiger partial charge >= 0.3 is 0 Å². The molecule has 1 spiro atoms. The molecule has 1 saturated carbocycles. The first-order valence-electron chi connectivity index (χ1n) is 8.68. The third kappa shape index (κ3) is 1.75. The van der Waals surface area contributed by atoms with Crippen molar-refractivity contribution in [3.63, 3.8) is 0 Å². The molecule has 22 heavy (non-hydrogen) atoms. The fraction of sp³-hybridized carbons (Fsp3) is 0.526. The van der Waals surface area contributed by atoms with Crippen LogP contribution in [-0.4, -0.2) is 22.6 Å². The lowest BCUT2D eigenvalue weighted by molar-refractivity contribution is 0.195. The lowest BCUT2D eigenvalue weighted by atomic mass is 9.76. The molecule has 3 nitrogen and oxygen atoms in total. The zero-order valence-electron chi connectivity index (χ0n) is 13.0. The van der Waals surface area contributed by atoms with E-state index in [0.29, 0.717) is 11.5 Å². The molecule has 0 amide bonds. The number of hydrogen-bond donors (Lipinski definition) is 1. The number of aromatic nitrogens is 2. The van der Waals surface area contributed by atoms with E-state index in [0.717, 1.165) is 5.92 Å². The number of rotatable bonds is 1. The van der Waals surface area contributed by atoms with Crippen molar-refractivity contribution >= 4 is 0 Å². The minimum Gasteiger partial charge on any atom is -0.323 e. The molecule has 5 rings (SSSR count). The van der Waals surface area contributed by atoms with E-state index in [1.165, 1.54) is 62.0 Å². The van der Waals surface area contributed by atoms with Gasteiger partial charge in [0.25, 0.3) is 0 Å². The van der Waals surface area contributed by atoms with E-state index < -0.39 is 0 Å². The topological polar surface area (TPSA) is 29.9 Å². The molecule has 0 radical (unpaired) electrons. The molecule has 2 aromatic rings. The zero-order chi connectivity index (χ0) is 14.6. The predicted octanol–water partition coefficient (Wildman–Crippen LogP) is 3.62. The zero-order valence-corrected chi connectivity index (χ0v) is 13.0. The van der Waals surface area contributed by atoms with E-state index in [9.17, 15) is 0 Å². The summed E-state index contributed by atoms with van der Waals surface area (Å²) in [5.41, 5.74) is 4.85. The van der Waals surface area contributed by atoms with Crippen molar-refractivity contribution in [3.05, 3.63) is 42.4 Å². The van der Waals surface area contributed by atoms with E-state index in [2.05, 4.69) is 39.1 Å². The van der Waals surface area contributed by atoms with Crippen molar-refractivity contribution in [2.75, 3.05) is 13.1 Å². The quantitative estimate of drug-likeness (QED) is 0.870. The Morgan fingerprint density at radius 1 is 1.14 bits per heavy atom. The van der Waals surface area contributed by atoms with Crippen LogP contribution >= 0.6 is 0 Å². The molecule has 1 saturated heterocycles. The van der Waals surface area contributed by atoms with Gasteiger partial charge in [0.2, 0.25) is 0 Å². The van der Waals surface area contributed by atoms with Gasteiger partial charge in [-0.15, -0.1) is 0 Å². The van der Waals surface area contributed by atoms with Crippen LogP contribution in [-0.2, 0) is 0 Å². The van der Waals surface area contributed by atoms with Crippen LogP contribution in [0.5, 0.6) is 0 Å². The summed E-state index contributed by atoms with van der Waals surface area (Å²) in [5.74, 6) is 0.773. The molecule has 0 bridgehead atoms. The maximum atomic E-state index is 4.42. The fourth-order valence-corrected chi connectivity index (χ4v) is 5.29. The third-order valence-electron chi connectivity index (χ3n) is 6.37. The summed E-state index contributed by atoms with van der Waals surface area (Å²) in [6, 6.07) is 9.46. The third-order valence-corrected chi connectivity index (χ3v) is 6.37. The van der Waals surface area contributed by atoms with Gasteiger partial charge in [0, 0.05) is 5.56 Å². The summed E-state index contributed by atoms with van der Waals surface area (Å²) >= 11 is 0. The molecule has 3 heterocycles. The van der Waals surface area contributed by atoms with Crippen LogP contribution in [0.25, 0.3) is 11.3 Å². The van der Waals surface area contributed by atoms with E-state index >= 15 is 0 Å². The Morgan fingerprint density at radius 3 is 2.91 bits per heavy atom. The Labute approximate surface area is 131 Å². The molecule has 1 aromatic heterocycles. The molecule has 3 aliphatic rings. The van der Waals surface area contributed by atoms with Gasteiger partial charge in [-0.1, -0.05) is 24.3 Å². The molecule has 1 aromatic carbocycles. The number of imidazole rings is 1. The predicted molar refractivity (Wildman–Crippen MR) is 87.7 cm³/mol. The highest BCUT2D eigenvalue weighted by Gasteiger charge is 2.45. The van der Waals surface area contributed by atoms with Gasteiger partial charge in [-0.3, -0.25) is 0 Å². The first-order valence-corrected chi connectivity index (χ1v) is 8.68. The van der Waals surface area contributed by atoms with Crippen LogP contribution in [0.15, 0.2) is 36.8 Å². The molecule has 1 aliphatic carbocycles. The van der Waals surface area contributed by atoms with Gasteiger partial charge in [0.15, 0.2) is 0 Å². The van der Waals surface area contributed by atoms with E-state index in [1.807, 2.05) is 12.5 Å². The number of fused-ring (bicyclic) bond motifs is 3. The van der Waals surface area contributed by atoms with E-state index in [-0.39, 0.29) is 0 Å². The van der Waals surface area contributed by atoms with Crippen LogP contribution in [0.1, 0.15) is 43.7 Å². The van der Waals surface area contributed by atoms with Crippen molar-refractivity contribution in [2.24, 2.45) is 11.3 Å². The highest BCUT2D eigenvalue weighted by Crippen LogP contribution is 2.55. The molecular weight excluding hydrogens is 270 g/mol. The van der Waals surface area contributed by atoms with Crippen LogP contribution in [0.2, 0.25) is 0 Å². The molecule has 2 atom stereocenters. The average molecular weight is 293 g/mol. The molecule has 2 unspecified atom stereocenters. The monoisotopic (exact) mass is 293 g/mol. The molecular formula is C19H23N3. The number of piperidine rings is 1. The lowest BCUT2D eigenvalue weighted by Gasteiger charge is -2.35. The number of nitrogens with one attached hydrogen (secondary N) is 1. The van der Waals surface area contributed by atoms with Gasteiger partial charge < -0.3 is 9.88 Å². The standard InChI is InChI=1S/C19H23N3/c1-2-4-16-15(3-1)17-12-21-13-22(17)18(16)14-5-6-19(11-14)7-9-20-10-8-19/h1-4,12-14,18,20H,5-11H2. The van der Waals surface area contributed by atoms with Gasteiger partial charge in [0.05, 0.1) is 24.3 Å². The van der Waals surface area contributed by atoms with Crippen molar-refractivity contribution < 1.29 is 0 Å². The fourth-order valence-electron chi connectivity index (χ4n) is 5.29. The Balaban J connectivity index is 1.51. The SMILES string of the molecule is c1ccc2c(c1)-c1cncn1C2C1CCC2(CCNCC2)C1. The highest BCUT2D eigenvalue weighted by atomic mass is 15.1. The molecule has 114 valence electrons. The smallest absolute Gasteiger partial charge is 0.0956 e. The first-order chi connectivity index (χ1) is 10.9. The second-order valence-electron chi connectivity index (χ2n) is 7.47. The maximum Gasteiger partial charge on any atom is 0.0956 e. The highest BCUT2D eigenvalue weighted by molar-refractivity contribution is 5.69.